The number of thiazole rings is 1. The number of Topliss-reactive ketones (excluding diaryl/α,β-unsaturated/α-hetero) is 1. The lowest BCUT2D eigenvalue weighted by molar-refractivity contribution is -0.165. The van der Waals surface area contributed by atoms with E-state index in [9.17, 15) is 19.5 Å². The number of carbonyl (C=O) groups excluding carboxylic acids is 3. The van der Waals surface area contributed by atoms with Crippen LogP contribution in [-0.2, 0) is 19.1 Å². The Morgan fingerprint density at radius 2 is 1.85 bits per heavy atom. The Labute approximate surface area is 326 Å². The average molecular weight is 775 g/mol. The van der Waals surface area contributed by atoms with Crippen molar-refractivity contribution in [3.63, 3.8) is 0 Å². The molecule has 2 aliphatic carbocycles. The average Bonchev–Trinajstić information content (AvgIpc) is 3.58. The predicted octanol–water partition coefficient (Wildman–Crippen LogP) is 5.71. The van der Waals surface area contributed by atoms with Crippen LogP contribution in [0.5, 0.6) is 11.5 Å². The second-order valence-electron chi connectivity index (χ2n) is 15.7. The fraction of sp³-hybridized carbons (Fsp3) is 0.585. The second-order valence-corrected chi connectivity index (χ2v) is 16.6. The number of hydrogen-bond donors (Lipinski definition) is 4. The molecule has 296 valence electrons. The van der Waals surface area contributed by atoms with Gasteiger partial charge in [-0.3, -0.25) is 19.7 Å². The number of ketones is 1. The molecule has 0 radical (unpaired) electrons. The number of aromatic nitrogens is 2. The number of carbonyl (C=O) groups is 3. The summed E-state index contributed by atoms with van der Waals surface area (Å²) in [6.07, 6.45) is 10.6. The van der Waals surface area contributed by atoms with Gasteiger partial charge in [-0.2, -0.15) is 0 Å². The van der Waals surface area contributed by atoms with E-state index in [0.29, 0.717) is 41.2 Å². The lowest BCUT2D eigenvalue weighted by Gasteiger charge is -2.31. The van der Waals surface area contributed by atoms with Crippen molar-refractivity contribution in [3.8, 4) is 22.9 Å². The van der Waals surface area contributed by atoms with Crippen LogP contribution in [-0.4, -0.2) is 93.5 Å². The maximum atomic E-state index is 14.6. The third-order valence-corrected chi connectivity index (χ3v) is 12.1. The Morgan fingerprint density at radius 3 is 2.62 bits per heavy atom. The van der Waals surface area contributed by atoms with Crippen LogP contribution < -0.4 is 25.4 Å². The largest absolute Gasteiger partial charge is 0.497 e. The third kappa shape index (κ3) is 8.98. The van der Waals surface area contributed by atoms with Crippen LogP contribution in [0.25, 0.3) is 22.3 Å². The highest BCUT2D eigenvalue weighted by Gasteiger charge is 2.59. The SMILES string of the molecule is COc1ccc2c(O[C@@H]3C[C@H]4C(=O)N[C@]5(C(C)=O)C[C@H]5/C=C\CCCCC[C@H](NC(O)OC5CCCC5)C(=O)N4C3)cc(-c3csc(NC(C)C)n3)nc2c1. The lowest BCUT2D eigenvalue weighted by Crippen LogP contribution is -2.57. The fourth-order valence-corrected chi connectivity index (χ4v) is 9.05. The standard InChI is InChI=1S/C41H54N6O7S/c1-24(2)42-39-44-34(23-55-39)33-20-36(30-17-16-28(52-4)18-32(30)43-33)53-29-19-35-37(49)46-41(25(3)48)21-26(41)12-8-6-5-7-9-15-31(38(50)47(35)22-29)45-40(51)54-27-13-10-11-14-27/h8,12,16-18,20,23-24,26-27,29,31,35,40,45,51H,5-7,9-11,13-15,19,21-22H2,1-4H3,(H,42,44)(H,46,49)/b12-8-/t26-,29-,31+,35+,40?,41+/m1/s1. The molecule has 55 heavy (non-hydrogen) atoms. The number of nitrogens with one attached hydrogen (secondary N) is 3. The first-order valence-corrected chi connectivity index (χ1v) is 20.7. The van der Waals surface area contributed by atoms with Gasteiger partial charge < -0.3 is 34.9 Å². The van der Waals surface area contributed by atoms with Gasteiger partial charge in [0.15, 0.2) is 10.9 Å². The van der Waals surface area contributed by atoms with Crippen molar-refractivity contribution in [2.75, 3.05) is 19.0 Å². The van der Waals surface area contributed by atoms with E-state index in [1.807, 2.05) is 29.6 Å². The van der Waals surface area contributed by atoms with Crippen LogP contribution in [0.2, 0.25) is 0 Å². The van der Waals surface area contributed by atoms with Gasteiger partial charge in [-0.1, -0.05) is 37.8 Å². The van der Waals surface area contributed by atoms with Gasteiger partial charge in [0.05, 0.1) is 37.0 Å². The van der Waals surface area contributed by atoms with Gasteiger partial charge in [-0.05, 0) is 71.4 Å². The monoisotopic (exact) mass is 774 g/mol. The zero-order chi connectivity index (χ0) is 38.7. The van der Waals surface area contributed by atoms with Gasteiger partial charge in [0.2, 0.25) is 18.2 Å². The summed E-state index contributed by atoms with van der Waals surface area (Å²) >= 11 is 1.49. The number of methoxy groups -OCH3 is 1. The summed E-state index contributed by atoms with van der Waals surface area (Å²) in [5.41, 5.74) is 0.960. The molecule has 0 bridgehead atoms. The lowest BCUT2D eigenvalue weighted by atomic mass is 10.0. The van der Waals surface area contributed by atoms with Crippen LogP contribution in [0.4, 0.5) is 5.13 Å². The van der Waals surface area contributed by atoms with Gasteiger partial charge in [0.25, 0.3) is 0 Å². The number of pyridine rings is 1. The van der Waals surface area contributed by atoms with E-state index in [1.54, 1.807) is 12.0 Å². The summed E-state index contributed by atoms with van der Waals surface area (Å²) < 4.78 is 18.2. The van der Waals surface area contributed by atoms with Crippen molar-refractivity contribution in [2.45, 2.75) is 134 Å². The van der Waals surface area contributed by atoms with E-state index >= 15 is 0 Å². The van der Waals surface area contributed by atoms with Crippen LogP contribution in [0.15, 0.2) is 41.8 Å². The maximum absolute atomic E-state index is 14.6. The molecule has 4 aliphatic rings. The number of nitrogens with zero attached hydrogens (tertiary/aromatic N) is 3. The highest BCUT2D eigenvalue weighted by molar-refractivity contribution is 7.14. The molecule has 6 atom stereocenters. The Morgan fingerprint density at radius 1 is 1.05 bits per heavy atom. The molecule has 2 aliphatic heterocycles. The van der Waals surface area contributed by atoms with Crippen molar-refractivity contribution in [1.82, 2.24) is 25.5 Å². The molecule has 0 spiro atoms. The highest BCUT2D eigenvalue weighted by Crippen LogP contribution is 2.46. The van der Waals surface area contributed by atoms with E-state index in [4.69, 9.17) is 24.2 Å². The molecule has 7 rings (SSSR count). The Balaban J connectivity index is 1.20. The van der Waals surface area contributed by atoms with Crippen molar-refractivity contribution in [2.24, 2.45) is 5.92 Å². The number of aliphatic hydroxyl groups excluding tert-OH is 1. The smallest absolute Gasteiger partial charge is 0.243 e. The fourth-order valence-electron chi connectivity index (χ4n) is 8.20. The number of aliphatic hydroxyl groups is 1. The molecular formula is C41H54N6O7S. The highest BCUT2D eigenvalue weighted by atomic mass is 32.1. The first-order chi connectivity index (χ1) is 26.5. The number of rotatable bonds is 11. The van der Waals surface area contributed by atoms with E-state index in [-0.39, 0.29) is 48.6 Å². The van der Waals surface area contributed by atoms with Gasteiger partial charge in [0, 0.05) is 41.3 Å². The molecule has 3 fully saturated rings. The van der Waals surface area contributed by atoms with Gasteiger partial charge in [0.1, 0.15) is 34.9 Å². The van der Waals surface area contributed by atoms with Crippen molar-refractivity contribution in [1.29, 1.82) is 0 Å². The minimum atomic E-state index is -1.32. The molecule has 2 aromatic heterocycles. The molecule has 1 unspecified atom stereocenters. The van der Waals surface area contributed by atoms with Crippen LogP contribution in [0, 0.1) is 5.92 Å². The molecule has 3 aromatic rings. The van der Waals surface area contributed by atoms with Crippen molar-refractivity contribution in [3.05, 3.63) is 41.8 Å². The quantitative estimate of drug-likeness (QED) is 0.139. The Hall–Kier alpha value is -4.11. The van der Waals surface area contributed by atoms with E-state index < -0.39 is 30.1 Å². The number of amides is 2. The summed E-state index contributed by atoms with van der Waals surface area (Å²) in [4.78, 5) is 53.2. The summed E-state index contributed by atoms with van der Waals surface area (Å²) in [5.74, 6) is 0.291. The molecule has 13 nitrogen and oxygen atoms in total. The van der Waals surface area contributed by atoms with Gasteiger partial charge >= 0.3 is 0 Å². The van der Waals surface area contributed by atoms with Crippen molar-refractivity contribution >= 4 is 45.0 Å². The molecule has 2 amide bonds. The maximum Gasteiger partial charge on any atom is 0.243 e. The minimum absolute atomic E-state index is 0.0635. The van der Waals surface area contributed by atoms with Gasteiger partial charge in [-0.15, -0.1) is 11.3 Å². The summed E-state index contributed by atoms with van der Waals surface area (Å²) in [7, 11) is 1.60. The molecule has 14 heteroatoms. The molecule has 2 saturated carbocycles. The van der Waals surface area contributed by atoms with E-state index in [0.717, 1.165) is 61.9 Å². The minimum Gasteiger partial charge on any atom is -0.497 e. The molecule has 1 aromatic carbocycles. The topological polar surface area (TPSA) is 164 Å². The van der Waals surface area contributed by atoms with Crippen LogP contribution in [0.1, 0.15) is 91.4 Å². The zero-order valence-electron chi connectivity index (χ0n) is 32.2. The molecule has 4 N–H and O–H groups in total. The predicted molar refractivity (Wildman–Crippen MR) is 211 cm³/mol. The number of allylic oxidation sites excluding steroid dienone is 1. The molecule has 4 heterocycles. The first-order valence-electron chi connectivity index (χ1n) is 19.8. The number of fused-ring (bicyclic) bond motifs is 3. The molecular weight excluding hydrogens is 721 g/mol. The summed E-state index contributed by atoms with van der Waals surface area (Å²) in [5, 5.41) is 24.0. The second kappa shape index (κ2) is 16.9. The van der Waals surface area contributed by atoms with Crippen LogP contribution in [0.3, 0.4) is 0 Å². The number of hydrogen-bond acceptors (Lipinski definition) is 12. The number of benzene rings is 1. The van der Waals surface area contributed by atoms with Gasteiger partial charge in [-0.25, -0.2) is 9.97 Å². The summed E-state index contributed by atoms with van der Waals surface area (Å²) in [6.45, 7) is 5.75. The first kappa shape index (κ1) is 39.1. The van der Waals surface area contributed by atoms with Crippen molar-refractivity contribution < 1.29 is 33.7 Å². The molecule has 1 saturated heterocycles. The van der Waals surface area contributed by atoms with E-state index in [1.165, 1.54) is 18.3 Å². The Bertz CT molecular complexity index is 1900. The zero-order valence-corrected chi connectivity index (χ0v) is 33.0. The van der Waals surface area contributed by atoms with E-state index in [2.05, 4.69) is 41.9 Å². The number of ether oxygens (including phenoxy) is 3. The third-order valence-electron chi connectivity index (χ3n) is 11.3. The normalized spacial score (nSPS) is 27.5. The Kier molecular flexibility index (Phi) is 12.1. The van der Waals surface area contributed by atoms with Crippen LogP contribution >= 0.6 is 11.3 Å². The summed E-state index contributed by atoms with van der Waals surface area (Å²) in [6, 6.07) is 5.95. The number of anilines is 1.